The SMILES string of the molecule is CCCCN=C(NCC)NCCc1ccc(Cl)nc1.I. The van der Waals surface area contributed by atoms with Gasteiger partial charge in [0.25, 0.3) is 0 Å². The maximum atomic E-state index is 5.75. The molecule has 0 aliphatic heterocycles. The molecule has 4 nitrogen and oxygen atoms in total. The van der Waals surface area contributed by atoms with Crippen LogP contribution in [0.2, 0.25) is 5.15 Å². The molecule has 1 rings (SSSR count). The fraction of sp³-hybridized carbons (Fsp3) is 0.571. The highest BCUT2D eigenvalue weighted by atomic mass is 127. The van der Waals surface area contributed by atoms with Crippen LogP contribution in [-0.2, 0) is 6.42 Å². The minimum atomic E-state index is 0. The summed E-state index contributed by atoms with van der Waals surface area (Å²) in [5.74, 6) is 0.887. The molecule has 0 unspecified atom stereocenters. The van der Waals surface area contributed by atoms with Crippen molar-refractivity contribution in [3.63, 3.8) is 0 Å². The van der Waals surface area contributed by atoms with Crippen molar-refractivity contribution in [2.75, 3.05) is 19.6 Å². The van der Waals surface area contributed by atoms with Crippen LogP contribution < -0.4 is 10.6 Å². The number of nitrogens with one attached hydrogen (secondary N) is 2. The van der Waals surface area contributed by atoms with E-state index in [1.54, 1.807) is 0 Å². The van der Waals surface area contributed by atoms with Crippen LogP contribution in [0.25, 0.3) is 0 Å². The molecule has 0 bridgehead atoms. The Morgan fingerprint density at radius 1 is 1.30 bits per heavy atom. The molecule has 0 saturated carbocycles. The van der Waals surface area contributed by atoms with E-state index in [2.05, 4.69) is 34.5 Å². The Morgan fingerprint density at radius 3 is 2.70 bits per heavy atom. The van der Waals surface area contributed by atoms with Gasteiger partial charge in [-0.15, -0.1) is 24.0 Å². The maximum Gasteiger partial charge on any atom is 0.191 e. The summed E-state index contributed by atoms with van der Waals surface area (Å²) in [5, 5.41) is 7.09. The van der Waals surface area contributed by atoms with Gasteiger partial charge in [-0.3, -0.25) is 4.99 Å². The number of guanidine groups is 1. The van der Waals surface area contributed by atoms with Gasteiger partial charge in [0.15, 0.2) is 5.96 Å². The van der Waals surface area contributed by atoms with Crippen molar-refractivity contribution in [3.8, 4) is 0 Å². The minimum absolute atomic E-state index is 0. The zero-order valence-corrected chi connectivity index (χ0v) is 15.2. The summed E-state index contributed by atoms with van der Waals surface area (Å²) in [7, 11) is 0. The molecule has 20 heavy (non-hydrogen) atoms. The van der Waals surface area contributed by atoms with E-state index in [1.165, 1.54) is 12.0 Å². The van der Waals surface area contributed by atoms with Gasteiger partial charge in [-0.2, -0.15) is 0 Å². The van der Waals surface area contributed by atoms with Crippen molar-refractivity contribution < 1.29 is 0 Å². The number of unbranched alkanes of at least 4 members (excludes halogenated alkanes) is 1. The molecule has 0 aromatic carbocycles. The molecule has 0 aliphatic rings. The second-order valence-electron chi connectivity index (χ2n) is 4.28. The van der Waals surface area contributed by atoms with E-state index in [0.717, 1.165) is 38.4 Å². The van der Waals surface area contributed by atoms with Crippen LogP contribution in [0.15, 0.2) is 23.3 Å². The summed E-state index contributed by atoms with van der Waals surface area (Å²) in [4.78, 5) is 8.57. The minimum Gasteiger partial charge on any atom is -0.357 e. The highest BCUT2D eigenvalue weighted by Crippen LogP contribution is 2.05. The molecule has 0 saturated heterocycles. The smallest absolute Gasteiger partial charge is 0.191 e. The van der Waals surface area contributed by atoms with E-state index in [0.29, 0.717) is 5.15 Å². The molecule has 0 aliphatic carbocycles. The number of nitrogens with zero attached hydrogens (tertiary/aromatic N) is 2. The van der Waals surface area contributed by atoms with Gasteiger partial charge in [0.05, 0.1) is 0 Å². The summed E-state index contributed by atoms with van der Waals surface area (Å²) in [6, 6.07) is 3.82. The lowest BCUT2D eigenvalue weighted by molar-refractivity contribution is 0.767. The van der Waals surface area contributed by atoms with Gasteiger partial charge in [-0.05, 0) is 31.4 Å². The average molecular weight is 411 g/mol. The Labute approximate surface area is 143 Å². The molecule has 1 aromatic rings. The lowest BCUT2D eigenvalue weighted by atomic mass is 10.2. The molecule has 2 N–H and O–H groups in total. The fourth-order valence-corrected chi connectivity index (χ4v) is 1.68. The van der Waals surface area contributed by atoms with Crippen LogP contribution in [0.1, 0.15) is 32.3 Å². The Hall–Kier alpha value is -0.560. The standard InChI is InChI=1S/C14H23ClN4.HI/c1-3-5-9-17-14(16-4-2)18-10-8-12-6-7-13(15)19-11-12;/h6-7,11H,3-5,8-10H2,1-2H3,(H2,16,17,18);1H. The first-order chi connectivity index (χ1) is 9.26. The van der Waals surface area contributed by atoms with Gasteiger partial charge in [0, 0.05) is 25.8 Å². The Morgan fingerprint density at radius 2 is 2.10 bits per heavy atom. The summed E-state index contributed by atoms with van der Waals surface area (Å²) in [6.45, 7) is 6.82. The van der Waals surface area contributed by atoms with Gasteiger partial charge in [0.1, 0.15) is 5.15 Å². The quantitative estimate of drug-likeness (QED) is 0.238. The third-order valence-electron chi connectivity index (χ3n) is 2.62. The summed E-state index contributed by atoms with van der Waals surface area (Å²) >= 11 is 5.75. The van der Waals surface area contributed by atoms with Crippen LogP contribution in [0.4, 0.5) is 0 Å². The molecule has 0 atom stereocenters. The van der Waals surface area contributed by atoms with Gasteiger partial charge < -0.3 is 10.6 Å². The van der Waals surface area contributed by atoms with Crippen molar-refractivity contribution in [1.82, 2.24) is 15.6 Å². The first kappa shape index (κ1) is 19.4. The second kappa shape index (κ2) is 12.2. The van der Waals surface area contributed by atoms with E-state index < -0.39 is 0 Å². The van der Waals surface area contributed by atoms with Gasteiger partial charge >= 0.3 is 0 Å². The normalized spacial score (nSPS) is 10.8. The predicted molar refractivity (Wildman–Crippen MR) is 97.3 cm³/mol. The lowest BCUT2D eigenvalue weighted by Gasteiger charge is -2.11. The zero-order chi connectivity index (χ0) is 13.9. The van der Waals surface area contributed by atoms with Crippen molar-refractivity contribution in [3.05, 3.63) is 29.0 Å². The highest BCUT2D eigenvalue weighted by molar-refractivity contribution is 14.0. The van der Waals surface area contributed by atoms with Crippen molar-refractivity contribution >= 4 is 41.5 Å². The predicted octanol–water partition coefficient (Wildman–Crippen LogP) is 3.25. The molecule has 0 fully saturated rings. The number of pyridine rings is 1. The molecule has 6 heteroatoms. The highest BCUT2D eigenvalue weighted by Gasteiger charge is 1.98. The van der Waals surface area contributed by atoms with Crippen LogP contribution >= 0.6 is 35.6 Å². The van der Waals surface area contributed by atoms with Crippen LogP contribution in [0.3, 0.4) is 0 Å². The van der Waals surface area contributed by atoms with Gasteiger partial charge in [-0.1, -0.05) is 31.0 Å². The number of halogens is 2. The molecular formula is C14H24ClIN4. The zero-order valence-electron chi connectivity index (χ0n) is 12.2. The van der Waals surface area contributed by atoms with Crippen molar-refractivity contribution in [2.45, 2.75) is 33.1 Å². The largest absolute Gasteiger partial charge is 0.357 e. The van der Waals surface area contributed by atoms with Crippen LogP contribution in [0, 0.1) is 0 Å². The third kappa shape index (κ3) is 8.58. The first-order valence-corrected chi connectivity index (χ1v) is 7.26. The van der Waals surface area contributed by atoms with E-state index in [9.17, 15) is 0 Å². The number of aromatic nitrogens is 1. The summed E-state index contributed by atoms with van der Waals surface area (Å²) < 4.78 is 0. The maximum absolute atomic E-state index is 5.75. The Balaban J connectivity index is 0.00000361. The lowest BCUT2D eigenvalue weighted by Crippen LogP contribution is -2.38. The third-order valence-corrected chi connectivity index (χ3v) is 2.84. The number of aliphatic imine (C=N–C) groups is 1. The monoisotopic (exact) mass is 410 g/mol. The molecule has 0 spiro atoms. The van der Waals surface area contributed by atoms with E-state index in [1.807, 2.05) is 18.3 Å². The van der Waals surface area contributed by atoms with Crippen molar-refractivity contribution in [2.24, 2.45) is 4.99 Å². The number of hydrogen-bond donors (Lipinski definition) is 2. The van der Waals surface area contributed by atoms with E-state index in [4.69, 9.17) is 11.6 Å². The van der Waals surface area contributed by atoms with Gasteiger partial charge in [-0.25, -0.2) is 4.98 Å². The van der Waals surface area contributed by atoms with E-state index in [-0.39, 0.29) is 24.0 Å². The molecule has 0 amide bonds. The van der Waals surface area contributed by atoms with Crippen LogP contribution in [0.5, 0.6) is 0 Å². The fourth-order valence-electron chi connectivity index (χ4n) is 1.57. The van der Waals surface area contributed by atoms with Gasteiger partial charge in [0.2, 0.25) is 0 Å². The number of rotatable bonds is 7. The Bertz CT molecular complexity index is 381. The van der Waals surface area contributed by atoms with E-state index >= 15 is 0 Å². The molecule has 114 valence electrons. The molecular weight excluding hydrogens is 387 g/mol. The molecule has 1 heterocycles. The van der Waals surface area contributed by atoms with Crippen LogP contribution in [-0.4, -0.2) is 30.6 Å². The number of hydrogen-bond acceptors (Lipinski definition) is 2. The first-order valence-electron chi connectivity index (χ1n) is 6.88. The molecule has 1 aromatic heterocycles. The topological polar surface area (TPSA) is 49.3 Å². The molecule has 0 radical (unpaired) electrons. The Kier molecular flexibility index (Phi) is 11.9. The summed E-state index contributed by atoms with van der Waals surface area (Å²) in [6.07, 6.45) is 5.00. The van der Waals surface area contributed by atoms with Crippen molar-refractivity contribution in [1.29, 1.82) is 0 Å². The summed E-state index contributed by atoms with van der Waals surface area (Å²) in [5.41, 5.74) is 1.17. The average Bonchev–Trinajstić information content (AvgIpc) is 2.41. The second-order valence-corrected chi connectivity index (χ2v) is 4.67.